The van der Waals surface area contributed by atoms with Crippen LogP contribution in [0, 0.1) is 13.8 Å². The number of unbranched alkanes of at least 4 members (excludes halogenated alkanes) is 2. The lowest BCUT2D eigenvalue weighted by Gasteiger charge is -2.30. The largest absolute Gasteiger partial charge is 0.366 e. The summed E-state index contributed by atoms with van der Waals surface area (Å²) in [6, 6.07) is 2.08. The maximum Gasteiger partial charge on any atom is 0.158 e. The molecule has 0 saturated heterocycles. The molecule has 6 radical (unpaired) electrons. The Bertz CT molecular complexity index is 1050. The van der Waals surface area contributed by atoms with Crippen LogP contribution in [-0.2, 0) is 24.7 Å². The Hall–Kier alpha value is -2.22. The minimum absolute atomic E-state index is 0.593. The van der Waals surface area contributed by atoms with Gasteiger partial charge in [0.05, 0.1) is 46.5 Å². The lowest BCUT2D eigenvalue weighted by Crippen LogP contribution is -2.36. The molecule has 0 amide bonds. The van der Waals surface area contributed by atoms with Crippen LogP contribution >= 0.6 is 0 Å². The monoisotopic (exact) mass is 397 g/mol. The van der Waals surface area contributed by atoms with Gasteiger partial charge in [0.2, 0.25) is 0 Å². The van der Waals surface area contributed by atoms with Crippen LogP contribution in [0.2, 0.25) is 0 Å². The smallest absolute Gasteiger partial charge is 0.158 e. The third-order valence-corrected chi connectivity index (χ3v) is 5.76. The highest BCUT2D eigenvalue weighted by molar-refractivity contribution is 6.56. The van der Waals surface area contributed by atoms with Crippen LogP contribution < -0.4 is 10.6 Å². The zero-order valence-electron chi connectivity index (χ0n) is 17.8. The van der Waals surface area contributed by atoms with E-state index in [1.807, 2.05) is 6.92 Å². The second-order valence-electron chi connectivity index (χ2n) is 8.22. The average molecular weight is 397 g/mol. The van der Waals surface area contributed by atoms with Gasteiger partial charge in [0.25, 0.3) is 0 Å². The summed E-state index contributed by atoms with van der Waals surface area (Å²) in [4.78, 5) is 6.93. The molecule has 0 unspecified atom stereocenters. The average Bonchev–Trinajstić information content (AvgIpc) is 3.25. The molecule has 1 aliphatic heterocycles. The number of anilines is 1. The molecule has 0 aliphatic carbocycles. The third-order valence-electron chi connectivity index (χ3n) is 5.76. The molecule has 150 valence electrons. The maximum atomic E-state index is 5.88. The molecule has 7 nitrogen and oxygen atoms in total. The van der Waals surface area contributed by atoms with Crippen LogP contribution in [0.3, 0.4) is 0 Å². The van der Waals surface area contributed by atoms with Crippen LogP contribution in [-0.4, -0.2) is 61.2 Å². The topological polar surface area (TPSA) is 77.8 Å². The van der Waals surface area contributed by atoms with E-state index in [1.54, 1.807) is 6.20 Å². The van der Waals surface area contributed by atoms with E-state index >= 15 is 0 Å². The predicted octanol–water partition coefficient (Wildman–Crippen LogP) is 1.01. The molecule has 0 aromatic carbocycles. The summed E-state index contributed by atoms with van der Waals surface area (Å²) < 4.78 is 3.56. The zero-order valence-corrected chi connectivity index (χ0v) is 17.8. The normalized spacial score (nSPS) is 14.4. The highest BCUT2D eigenvalue weighted by Gasteiger charge is 2.26. The zero-order chi connectivity index (χ0) is 21.5. The van der Waals surface area contributed by atoms with Crippen LogP contribution in [0.5, 0.6) is 0 Å². The van der Waals surface area contributed by atoms with Crippen LogP contribution in [0.25, 0.3) is 11.0 Å². The van der Waals surface area contributed by atoms with Crippen LogP contribution in [0.4, 0.5) is 5.69 Å². The number of nitrogens with zero attached hydrogens (tertiary/aromatic N) is 6. The fourth-order valence-electron chi connectivity index (χ4n) is 4.29. The van der Waals surface area contributed by atoms with Gasteiger partial charge in [-0.05, 0) is 44.5 Å². The lowest BCUT2D eigenvalue weighted by atomic mass is 9.49. The van der Waals surface area contributed by atoms with Gasteiger partial charge >= 0.3 is 0 Å². The molecular weight excluding hydrogens is 371 g/mol. The molecule has 1 aliphatic rings. The Labute approximate surface area is 181 Å². The van der Waals surface area contributed by atoms with Crippen LogP contribution in [0.15, 0.2) is 12.3 Å². The van der Waals surface area contributed by atoms with Crippen molar-refractivity contribution >= 4 is 40.3 Å². The van der Waals surface area contributed by atoms with Gasteiger partial charge in [0, 0.05) is 43.0 Å². The first kappa shape index (κ1) is 21.0. The summed E-state index contributed by atoms with van der Waals surface area (Å²) in [5, 5.41) is 8.41. The van der Waals surface area contributed by atoms with E-state index in [0.717, 1.165) is 74.3 Å². The number of aryl methyl sites for hydroxylation is 3. The molecule has 0 fully saturated rings. The molecule has 0 bridgehead atoms. The van der Waals surface area contributed by atoms with E-state index < -0.39 is 5.24 Å². The Morgan fingerprint density at radius 3 is 2.70 bits per heavy atom. The fourth-order valence-corrected chi connectivity index (χ4v) is 4.29. The van der Waals surface area contributed by atoms with E-state index in [1.165, 1.54) is 15.9 Å². The predicted molar refractivity (Wildman–Crippen MR) is 122 cm³/mol. The Kier molecular flexibility index (Phi) is 5.70. The van der Waals surface area contributed by atoms with Gasteiger partial charge in [0.1, 0.15) is 0 Å². The van der Waals surface area contributed by atoms with Gasteiger partial charge < -0.3 is 10.6 Å². The number of hydrogen-bond donors (Lipinski definition) is 1. The van der Waals surface area contributed by atoms with Crippen molar-refractivity contribution in [1.29, 1.82) is 0 Å². The second kappa shape index (κ2) is 8.14. The van der Waals surface area contributed by atoms with E-state index in [-0.39, 0.29) is 0 Å². The first-order valence-electron chi connectivity index (χ1n) is 10.5. The summed E-state index contributed by atoms with van der Waals surface area (Å²) in [5.41, 5.74) is 11.9. The van der Waals surface area contributed by atoms with E-state index in [9.17, 15) is 0 Å². The Morgan fingerprint density at radius 1 is 1.17 bits per heavy atom. The number of aromatic nitrogens is 5. The number of nitrogens with two attached hydrogens (primary N) is 1. The fraction of sp³-hybridized carbons (Fsp3) is 0.550. The first-order valence-corrected chi connectivity index (χ1v) is 10.5. The molecule has 2 N–H and O–H groups in total. The van der Waals surface area contributed by atoms with E-state index in [4.69, 9.17) is 34.4 Å². The SMILES string of the molecule is [B]C([B])([B])n1ncc2c(N3CCc4c(c(C)nn4CCCCCN)C3)cc(C)nc21. The quantitative estimate of drug-likeness (QED) is 0.476. The molecule has 0 saturated carbocycles. The number of rotatable bonds is 7. The van der Waals surface area contributed by atoms with E-state index in [0.29, 0.717) is 5.65 Å². The molecule has 0 atom stereocenters. The van der Waals surface area contributed by atoms with Gasteiger partial charge in [-0.3, -0.25) is 9.36 Å². The van der Waals surface area contributed by atoms with Crippen molar-refractivity contribution < 1.29 is 0 Å². The second-order valence-corrected chi connectivity index (χ2v) is 8.22. The van der Waals surface area contributed by atoms with Crippen molar-refractivity contribution in [3.05, 3.63) is 34.9 Å². The molecule has 10 heteroatoms. The van der Waals surface area contributed by atoms with Crippen molar-refractivity contribution in [3.8, 4) is 0 Å². The molecule has 4 heterocycles. The highest BCUT2D eigenvalue weighted by atomic mass is 15.3. The van der Waals surface area contributed by atoms with Gasteiger partial charge in [0.15, 0.2) is 5.65 Å². The Morgan fingerprint density at radius 2 is 1.97 bits per heavy atom. The standard InChI is InChI=1S/C20H26B3N7/c1-13-10-18(15-11-25-30(19(15)26-13)20(21,22)23)28-9-6-17-16(12-28)14(2)27-29(17)8-5-3-4-7-24/h10-11H,3-9,12,24H2,1-2H3. The van der Waals surface area contributed by atoms with Gasteiger partial charge in [-0.2, -0.15) is 10.2 Å². The van der Waals surface area contributed by atoms with Crippen LogP contribution in [0.1, 0.15) is 41.9 Å². The third kappa shape index (κ3) is 3.89. The minimum Gasteiger partial charge on any atom is -0.366 e. The molecular formula is C20H26B3N7. The molecule has 0 spiro atoms. The maximum absolute atomic E-state index is 5.88. The summed E-state index contributed by atoms with van der Waals surface area (Å²) >= 11 is 0. The first-order chi connectivity index (χ1) is 14.3. The number of hydrogen-bond acceptors (Lipinski definition) is 5. The summed E-state index contributed by atoms with van der Waals surface area (Å²) in [6.07, 6.45) is 5.99. The van der Waals surface area contributed by atoms with Crippen molar-refractivity contribution in [2.24, 2.45) is 5.73 Å². The minimum atomic E-state index is -1.60. The molecule has 3 aromatic heterocycles. The summed E-state index contributed by atoms with van der Waals surface area (Å²) in [5.74, 6) is 0. The van der Waals surface area contributed by atoms with Gasteiger partial charge in [-0.15, -0.1) is 0 Å². The van der Waals surface area contributed by atoms with Crippen molar-refractivity contribution in [2.45, 2.75) is 57.9 Å². The molecule has 3 aromatic rings. The van der Waals surface area contributed by atoms with Crippen molar-refractivity contribution in [1.82, 2.24) is 24.5 Å². The summed E-state index contributed by atoms with van der Waals surface area (Å²) in [6.45, 7) is 7.44. The number of fused-ring (bicyclic) bond motifs is 2. The molecule has 4 rings (SSSR count). The molecule has 30 heavy (non-hydrogen) atoms. The highest BCUT2D eigenvalue weighted by Crippen LogP contribution is 2.32. The van der Waals surface area contributed by atoms with Gasteiger partial charge in [-0.1, -0.05) is 6.42 Å². The Balaban J connectivity index is 1.63. The lowest BCUT2D eigenvalue weighted by molar-refractivity contribution is 0.520. The van der Waals surface area contributed by atoms with Crippen molar-refractivity contribution in [3.63, 3.8) is 0 Å². The number of pyridine rings is 1. The summed E-state index contributed by atoms with van der Waals surface area (Å²) in [7, 11) is 17.6. The van der Waals surface area contributed by atoms with Gasteiger partial charge in [-0.25, -0.2) is 4.98 Å². The van der Waals surface area contributed by atoms with E-state index in [2.05, 4.69) is 32.7 Å². The van der Waals surface area contributed by atoms with Crippen molar-refractivity contribution in [2.75, 3.05) is 18.0 Å².